The molecule has 0 saturated carbocycles. The molecule has 0 aromatic heterocycles. The molecule has 3 nitrogen and oxygen atoms in total. The summed E-state index contributed by atoms with van der Waals surface area (Å²) in [7, 11) is 2.24. The van der Waals surface area contributed by atoms with Crippen molar-refractivity contribution in [2.75, 3.05) is 33.2 Å². The minimum atomic E-state index is 0.606. The third kappa shape index (κ3) is 5.36. The van der Waals surface area contributed by atoms with Crippen LogP contribution in [0.2, 0.25) is 0 Å². The predicted molar refractivity (Wildman–Crippen MR) is 75.5 cm³/mol. The first-order valence-corrected chi connectivity index (χ1v) is 7.18. The van der Waals surface area contributed by atoms with E-state index in [4.69, 9.17) is 0 Å². The van der Waals surface area contributed by atoms with Crippen molar-refractivity contribution in [2.24, 2.45) is 0 Å². The van der Waals surface area contributed by atoms with Crippen molar-refractivity contribution in [1.29, 1.82) is 0 Å². The van der Waals surface area contributed by atoms with Gasteiger partial charge in [-0.05, 0) is 53.4 Å². The Balaban J connectivity index is 2.35. The number of rotatable bonds is 5. The maximum atomic E-state index is 3.52. The van der Waals surface area contributed by atoms with Crippen molar-refractivity contribution < 1.29 is 0 Å². The summed E-state index contributed by atoms with van der Waals surface area (Å²) in [5.41, 5.74) is 0. The zero-order valence-corrected chi connectivity index (χ0v) is 12.4. The molecule has 0 radical (unpaired) electrons. The van der Waals surface area contributed by atoms with Crippen LogP contribution in [-0.2, 0) is 0 Å². The molecule has 0 spiro atoms. The Morgan fingerprint density at radius 3 is 2.59 bits per heavy atom. The van der Waals surface area contributed by atoms with Gasteiger partial charge in [-0.25, -0.2) is 0 Å². The second-order valence-electron chi connectivity index (χ2n) is 5.95. The first-order chi connectivity index (χ1) is 8.00. The van der Waals surface area contributed by atoms with Crippen molar-refractivity contribution in [2.45, 2.75) is 58.7 Å². The zero-order valence-electron chi connectivity index (χ0n) is 12.4. The van der Waals surface area contributed by atoms with Crippen LogP contribution < -0.4 is 5.32 Å². The average molecular weight is 241 g/mol. The van der Waals surface area contributed by atoms with Crippen LogP contribution in [0.1, 0.15) is 40.5 Å². The fraction of sp³-hybridized carbons (Fsp3) is 1.00. The van der Waals surface area contributed by atoms with Crippen molar-refractivity contribution in [3.05, 3.63) is 0 Å². The van der Waals surface area contributed by atoms with Crippen molar-refractivity contribution >= 4 is 0 Å². The molecule has 1 saturated heterocycles. The van der Waals surface area contributed by atoms with E-state index >= 15 is 0 Å². The van der Waals surface area contributed by atoms with Gasteiger partial charge in [-0.1, -0.05) is 13.8 Å². The highest BCUT2D eigenvalue weighted by Crippen LogP contribution is 2.14. The summed E-state index contributed by atoms with van der Waals surface area (Å²) in [4.78, 5) is 5.15. The van der Waals surface area contributed by atoms with E-state index in [0.29, 0.717) is 18.1 Å². The molecular weight excluding hydrogens is 210 g/mol. The van der Waals surface area contributed by atoms with Gasteiger partial charge < -0.3 is 10.2 Å². The molecule has 0 aliphatic carbocycles. The van der Waals surface area contributed by atoms with Crippen LogP contribution in [0.25, 0.3) is 0 Å². The maximum Gasteiger partial charge on any atom is 0.0197 e. The quantitative estimate of drug-likeness (QED) is 0.792. The molecular formula is C14H31N3. The topological polar surface area (TPSA) is 18.5 Å². The van der Waals surface area contributed by atoms with Gasteiger partial charge >= 0.3 is 0 Å². The van der Waals surface area contributed by atoms with E-state index in [-0.39, 0.29) is 0 Å². The lowest BCUT2D eigenvalue weighted by molar-refractivity contribution is 0.145. The summed E-state index contributed by atoms with van der Waals surface area (Å²) in [6.45, 7) is 14.0. The second-order valence-corrected chi connectivity index (χ2v) is 5.95. The lowest BCUT2D eigenvalue weighted by Crippen LogP contribution is -2.44. The largest absolute Gasteiger partial charge is 0.314 e. The van der Waals surface area contributed by atoms with Gasteiger partial charge in [-0.3, -0.25) is 4.90 Å². The van der Waals surface area contributed by atoms with Gasteiger partial charge in [0, 0.05) is 24.7 Å². The monoisotopic (exact) mass is 241 g/mol. The Hall–Kier alpha value is -0.120. The smallest absolute Gasteiger partial charge is 0.0197 e. The van der Waals surface area contributed by atoms with Gasteiger partial charge in [0.25, 0.3) is 0 Å². The Labute approximate surface area is 108 Å². The van der Waals surface area contributed by atoms with E-state index in [1.165, 1.54) is 32.5 Å². The molecule has 1 aliphatic heterocycles. The lowest BCUT2D eigenvalue weighted by atomic mass is 10.1. The summed E-state index contributed by atoms with van der Waals surface area (Å²) >= 11 is 0. The predicted octanol–water partition coefficient (Wildman–Crippen LogP) is 1.79. The Bertz CT molecular complexity index is 206. The van der Waals surface area contributed by atoms with Crippen molar-refractivity contribution in [3.8, 4) is 0 Å². The summed E-state index contributed by atoms with van der Waals surface area (Å²) in [5, 5.41) is 3.52. The minimum Gasteiger partial charge on any atom is -0.314 e. The average Bonchev–Trinajstić information content (AvgIpc) is 2.38. The van der Waals surface area contributed by atoms with Crippen LogP contribution in [0.4, 0.5) is 0 Å². The van der Waals surface area contributed by atoms with E-state index in [1.807, 2.05) is 0 Å². The molecule has 0 aromatic carbocycles. The van der Waals surface area contributed by atoms with Crippen LogP contribution in [0.5, 0.6) is 0 Å². The van der Waals surface area contributed by atoms with Gasteiger partial charge in [0.15, 0.2) is 0 Å². The molecule has 1 aliphatic rings. The molecule has 17 heavy (non-hydrogen) atoms. The fourth-order valence-corrected chi connectivity index (χ4v) is 2.79. The first-order valence-electron chi connectivity index (χ1n) is 7.18. The zero-order chi connectivity index (χ0) is 12.8. The van der Waals surface area contributed by atoms with Crippen molar-refractivity contribution in [3.63, 3.8) is 0 Å². The summed E-state index contributed by atoms with van der Waals surface area (Å²) in [5.74, 6) is 0. The number of hydrogen-bond acceptors (Lipinski definition) is 3. The second kappa shape index (κ2) is 7.34. The summed E-state index contributed by atoms with van der Waals surface area (Å²) in [6, 6.07) is 1.99. The summed E-state index contributed by atoms with van der Waals surface area (Å²) < 4.78 is 0. The number of likely N-dealkylation sites (N-methyl/N-ethyl adjacent to an activating group) is 1. The minimum absolute atomic E-state index is 0.606. The fourth-order valence-electron chi connectivity index (χ4n) is 2.79. The molecule has 102 valence electrons. The molecule has 1 N–H and O–H groups in total. The van der Waals surface area contributed by atoms with E-state index in [0.717, 1.165) is 6.54 Å². The highest BCUT2D eigenvalue weighted by molar-refractivity contribution is 4.79. The molecule has 1 heterocycles. The van der Waals surface area contributed by atoms with Crippen LogP contribution in [0.15, 0.2) is 0 Å². The van der Waals surface area contributed by atoms with Crippen LogP contribution >= 0.6 is 0 Å². The SMILES string of the molecule is CC(C)NCCC(C)N1CCCN(C)CC1C. The molecule has 0 aromatic rings. The van der Waals surface area contributed by atoms with Gasteiger partial charge in [-0.2, -0.15) is 0 Å². The molecule has 0 amide bonds. The van der Waals surface area contributed by atoms with Gasteiger partial charge in [0.05, 0.1) is 0 Å². The molecule has 1 rings (SSSR count). The normalized spacial score (nSPS) is 26.1. The maximum absolute atomic E-state index is 3.52. The van der Waals surface area contributed by atoms with Crippen LogP contribution in [0, 0.1) is 0 Å². The number of nitrogens with zero attached hydrogens (tertiary/aromatic N) is 2. The first kappa shape index (κ1) is 14.9. The van der Waals surface area contributed by atoms with E-state index in [2.05, 4.69) is 49.9 Å². The standard InChI is InChI=1S/C14H31N3/c1-12(2)15-8-7-13(3)17-10-6-9-16(5)11-14(17)4/h12-15H,6-11H2,1-5H3. The van der Waals surface area contributed by atoms with E-state index < -0.39 is 0 Å². The van der Waals surface area contributed by atoms with Crippen molar-refractivity contribution in [1.82, 2.24) is 15.1 Å². The number of hydrogen-bond donors (Lipinski definition) is 1. The lowest BCUT2D eigenvalue weighted by Gasteiger charge is -2.33. The molecule has 3 heteroatoms. The van der Waals surface area contributed by atoms with E-state index in [1.54, 1.807) is 0 Å². The highest BCUT2D eigenvalue weighted by atomic mass is 15.2. The van der Waals surface area contributed by atoms with Gasteiger partial charge in [0.2, 0.25) is 0 Å². The number of nitrogens with one attached hydrogen (secondary N) is 1. The van der Waals surface area contributed by atoms with Crippen LogP contribution in [-0.4, -0.2) is 61.2 Å². The Morgan fingerprint density at radius 1 is 1.24 bits per heavy atom. The third-order valence-corrected chi connectivity index (χ3v) is 3.78. The third-order valence-electron chi connectivity index (χ3n) is 3.78. The van der Waals surface area contributed by atoms with Gasteiger partial charge in [-0.15, -0.1) is 0 Å². The molecule has 2 unspecified atom stereocenters. The Morgan fingerprint density at radius 2 is 1.94 bits per heavy atom. The highest BCUT2D eigenvalue weighted by Gasteiger charge is 2.23. The van der Waals surface area contributed by atoms with E-state index in [9.17, 15) is 0 Å². The Kier molecular flexibility index (Phi) is 6.45. The van der Waals surface area contributed by atoms with Crippen LogP contribution in [0.3, 0.4) is 0 Å². The van der Waals surface area contributed by atoms with Gasteiger partial charge in [0.1, 0.15) is 0 Å². The molecule has 1 fully saturated rings. The summed E-state index contributed by atoms with van der Waals surface area (Å²) in [6.07, 6.45) is 2.56. The molecule has 0 bridgehead atoms. The molecule has 2 atom stereocenters.